The Balaban J connectivity index is 1.91. The highest BCUT2D eigenvalue weighted by Crippen LogP contribution is 2.47. The van der Waals surface area contributed by atoms with Crippen molar-refractivity contribution in [3.8, 4) is 0 Å². The summed E-state index contributed by atoms with van der Waals surface area (Å²) in [4.78, 5) is 29.9. The van der Waals surface area contributed by atoms with Gasteiger partial charge in [-0.1, -0.05) is 36.4 Å². The number of aryl methyl sites for hydroxylation is 1. The lowest BCUT2D eigenvalue weighted by Crippen LogP contribution is -2.43. The molecule has 2 heterocycles. The zero-order valence-electron chi connectivity index (χ0n) is 15.2. The summed E-state index contributed by atoms with van der Waals surface area (Å²) in [5, 5.41) is 12.5. The molecule has 0 saturated heterocycles. The van der Waals surface area contributed by atoms with Gasteiger partial charge in [0.2, 0.25) is 0 Å². The van der Waals surface area contributed by atoms with E-state index in [1.807, 2.05) is 31.2 Å². The fourth-order valence-corrected chi connectivity index (χ4v) is 3.91. The monoisotopic (exact) mass is 364 g/mol. The first-order valence-electron chi connectivity index (χ1n) is 8.85. The summed E-state index contributed by atoms with van der Waals surface area (Å²) in [6.07, 6.45) is 0. The van der Waals surface area contributed by atoms with Crippen LogP contribution in [-0.4, -0.2) is 35.1 Å². The van der Waals surface area contributed by atoms with Crippen molar-refractivity contribution in [2.75, 3.05) is 18.1 Å². The van der Waals surface area contributed by atoms with Crippen molar-refractivity contribution in [1.29, 1.82) is 0 Å². The first kappa shape index (κ1) is 17.3. The van der Waals surface area contributed by atoms with Crippen molar-refractivity contribution >= 4 is 28.5 Å². The zero-order valence-corrected chi connectivity index (χ0v) is 15.2. The van der Waals surface area contributed by atoms with E-state index in [-0.39, 0.29) is 13.2 Å². The molecule has 0 aliphatic carbocycles. The number of carbonyl (C=O) groups excluding carboxylic acids is 2. The number of rotatable bonds is 4. The molecular weight excluding hydrogens is 344 g/mol. The van der Waals surface area contributed by atoms with Gasteiger partial charge in [-0.15, -0.1) is 0 Å². The van der Waals surface area contributed by atoms with E-state index in [4.69, 9.17) is 4.74 Å². The summed E-state index contributed by atoms with van der Waals surface area (Å²) < 4.78 is 5.00. The quantitative estimate of drug-likeness (QED) is 0.697. The van der Waals surface area contributed by atoms with Crippen LogP contribution >= 0.6 is 0 Å². The third-order valence-corrected chi connectivity index (χ3v) is 4.99. The Morgan fingerprint density at radius 3 is 2.67 bits per heavy atom. The zero-order chi connectivity index (χ0) is 19.2. The summed E-state index contributed by atoms with van der Waals surface area (Å²) in [5.41, 5.74) is 1.18. The summed E-state index contributed by atoms with van der Waals surface area (Å²) >= 11 is 0. The second kappa shape index (κ2) is 6.25. The average Bonchev–Trinajstić information content (AvgIpc) is 3.10. The van der Waals surface area contributed by atoms with Crippen LogP contribution in [0.3, 0.4) is 0 Å². The van der Waals surface area contributed by atoms with E-state index in [9.17, 15) is 14.7 Å². The van der Waals surface area contributed by atoms with Crippen LogP contribution in [0, 0.1) is 6.92 Å². The first-order chi connectivity index (χ1) is 13.0. The Morgan fingerprint density at radius 1 is 1.19 bits per heavy atom. The first-order valence-corrected chi connectivity index (χ1v) is 8.85. The molecule has 1 aliphatic rings. The van der Waals surface area contributed by atoms with Crippen molar-refractivity contribution in [3.05, 3.63) is 65.4 Å². The lowest BCUT2D eigenvalue weighted by atomic mass is 9.85. The van der Waals surface area contributed by atoms with Crippen molar-refractivity contribution in [2.24, 2.45) is 0 Å². The third-order valence-electron chi connectivity index (χ3n) is 4.99. The molecule has 2 N–H and O–H groups in total. The smallest absolute Gasteiger partial charge is 0.326 e. The Hall–Kier alpha value is -3.12. The molecule has 0 unspecified atom stereocenters. The molecule has 2 aromatic carbocycles. The van der Waals surface area contributed by atoms with E-state index in [2.05, 4.69) is 4.98 Å². The van der Waals surface area contributed by atoms with E-state index < -0.39 is 17.5 Å². The van der Waals surface area contributed by atoms with E-state index >= 15 is 0 Å². The predicted molar refractivity (Wildman–Crippen MR) is 101 cm³/mol. The Labute approximate surface area is 156 Å². The minimum absolute atomic E-state index is 0.230. The van der Waals surface area contributed by atoms with Gasteiger partial charge in [0, 0.05) is 27.7 Å². The van der Waals surface area contributed by atoms with Gasteiger partial charge in [-0.05, 0) is 26.0 Å². The number of H-pyrrole nitrogens is 1. The summed E-state index contributed by atoms with van der Waals surface area (Å²) in [5.74, 6) is -1.06. The number of aromatic nitrogens is 1. The van der Waals surface area contributed by atoms with Gasteiger partial charge in [0.1, 0.15) is 6.54 Å². The maximum atomic E-state index is 13.4. The lowest BCUT2D eigenvalue weighted by molar-refractivity contribution is -0.143. The molecule has 1 aliphatic heterocycles. The van der Waals surface area contributed by atoms with Gasteiger partial charge in [-0.3, -0.25) is 14.5 Å². The number of ether oxygens (including phenoxy) is 1. The van der Waals surface area contributed by atoms with Crippen LogP contribution in [0.15, 0.2) is 48.5 Å². The van der Waals surface area contributed by atoms with Crippen molar-refractivity contribution in [3.63, 3.8) is 0 Å². The molecule has 6 heteroatoms. The molecule has 0 fully saturated rings. The second-order valence-corrected chi connectivity index (χ2v) is 6.59. The highest BCUT2D eigenvalue weighted by Gasteiger charge is 2.53. The fourth-order valence-electron chi connectivity index (χ4n) is 3.91. The van der Waals surface area contributed by atoms with Gasteiger partial charge >= 0.3 is 5.97 Å². The number of esters is 1. The van der Waals surface area contributed by atoms with Crippen LogP contribution < -0.4 is 4.90 Å². The summed E-state index contributed by atoms with van der Waals surface area (Å²) in [6, 6.07) is 14.5. The number of nitrogens with zero attached hydrogens (tertiary/aromatic N) is 1. The van der Waals surface area contributed by atoms with Crippen molar-refractivity contribution in [1.82, 2.24) is 4.98 Å². The molecule has 0 radical (unpaired) electrons. The summed E-state index contributed by atoms with van der Waals surface area (Å²) in [7, 11) is 0. The van der Waals surface area contributed by atoms with Gasteiger partial charge in [0.05, 0.1) is 12.3 Å². The molecule has 1 amide bonds. The van der Waals surface area contributed by atoms with Crippen molar-refractivity contribution in [2.45, 2.75) is 19.4 Å². The molecule has 138 valence electrons. The molecule has 27 heavy (non-hydrogen) atoms. The number of nitrogens with one attached hydrogen (secondary N) is 1. The van der Waals surface area contributed by atoms with Crippen LogP contribution in [0.1, 0.15) is 23.7 Å². The van der Waals surface area contributed by atoms with E-state index in [1.165, 1.54) is 4.90 Å². The molecule has 0 spiro atoms. The van der Waals surface area contributed by atoms with E-state index in [1.54, 1.807) is 31.2 Å². The van der Waals surface area contributed by atoms with Crippen molar-refractivity contribution < 1.29 is 19.4 Å². The highest BCUT2D eigenvalue weighted by molar-refractivity contribution is 6.13. The number of hydrogen-bond donors (Lipinski definition) is 2. The highest BCUT2D eigenvalue weighted by atomic mass is 16.5. The van der Waals surface area contributed by atoms with Crippen LogP contribution in [-0.2, 0) is 19.9 Å². The molecule has 1 aromatic heterocycles. The van der Waals surface area contributed by atoms with Crippen LogP contribution in [0.25, 0.3) is 10.9 Å². The maximum absolute atomic E-state index is 13.4. The maximum Gasteiger partial charge on any atom is 0.326 e. The number of hydrogen-bond acceptors (Lipinski definition) is 4. The molecule has 6 nitrogen and oxygen atoms in total. The van der Waals surface area contributed by atoms with Crippen LogP contribution in [0.2, 0.25) is 0 Å². The number of aliphatic hydroxyl groups is 1. The van der Waals surface area contributed by atoms with E-state index in [0.717, 1.165) is 10.9 Å². The molecule has 0 bridgehead atoms. The normalized spacial score (nSPS) is 18.8. The molecule has 0 saturated carbocycles. The van der Waals surface area contributed by atoms with Gasteiger partial charge in [0.25, 0.3) is 5.91 Å². The largest absolute Gasteiger partial charge is 0.465 e. The number of anilines is 1. The minimum Gasteiger partial charge on any atom is -0.465 e. The minimum atomic E-state index is -1.87. The third kappa shape index (κ3) is 2.44. The Bertz CT molecular complexity index is 1060. The fraction of sp³-hybridized carbons (Fsp3) is 0.238. The summed E-state index contributed by atoms with van der Waals surface area (Å²) in [6.45, 7) is 3.53. The van der Waals surface area contributed by atoms with Gasteiger partial charge in [-0.25, -0.2) is 0 Å². The lowest BCUT2D eigenvalue weighted by Gasteiger charge is -2.24. The number of para-hydroxylation sites is 2. The van der Waals surface area contributed by atoms with Crippen LogP contribution in [0.5, 0.6) is 0 Å². The topological polar surface area (TPSA) is 82.6 Å². The SMILES string of the molecule is CCOC(=O)CN1C(=O)[C@](O)(c2c(C)[nH]c3ccccc23)c2ccccc21. The second-order valence-electron chi connectivity index (χ2n) is 6.59. The van der Waals surface area contributed by atoms with Gasteiger partial charge in [0.15, 0.2) is 5.60 Å². The Morgan fingerprint density at radius 2 is 1.89 bits per heavy atom. The number of amides is 1. The molecule has 4 rings (SSSR count). The number of aromatic amines is 1. The average molecular weight is 364 g/mol. The molecular formula is C21H20N2O4. The standard InChI is InChI=1S/C21H20N2O4/c1-3-27-18(24)12-23-17-11-7-5-9-15(17)21(26,20(23)25)19-13(2)22-16-10-6-4-8-14(16)19/h4-11,22,26H,3,12H2,1-2H3/t21-/m1/s1. The Kier molecular flexibility index (Phi) is 4.00. The number of fused-ring (bicyclic) bond motifs is 2. The van der Waals surface area contributed by atoms with Crippen LogP contribution in [0.4, 0.5) is 5.69 Å². The molecule has 1 atom stereocenters. The van der Waals surface area contributed by atoms with E-state index in [0.29, 0.717) is 22.5 Å². The number of carbonyl (C=O) groups is 2. The van der Waals surface area contributed by atoms with Gasteiger partial charge in [-0.2, -0.15) is 0 Å². The molecule has 3 aromatic rings. The number of benzene rings is 2. The van der Waals surface area contributed by atoms with Gasteiger partial charge < -0.3 is 14.8 Å². The predicted octanol–water partition coefficient (Wildman–Crippen LogP) is 2.62.